The van der Waals surface area contributed by atoms with Crippen LogP contribution >= 0.6 is 0 Å². The molecule has 1 saturated heterocycles. The van der Waals surface area contributed by atoms with Gasteiger partial charge in [0, 0.05) is 6.61 Å². The van der Waals surface area contributed by atoms with E-state index >= 15 is 0 Å². The first-order valence-electron chi connectivity index (χ1n) is 5.39. The Hall–Kier alpha value is -0.370. The molecular weight excluding hydrogens is 164 g/mol. The Bertz CT molecular complexity index is 177. The minimum atomic E-state index is -0.102. The summed E-state index contributed by atoms with van der Waals surface area (Å²) in [5.74, 6) is 0.798. The molecule has 2 rings (SSSR count). The van der Waals surface area contributed by atoms with Crippen LogP contribution in [0.3, 0.4) is 0 Å². The van der Waals surface area contributed by atoms with E-state index in [1.165, 1.54) is 25.7 Å². The molecule has 2 heteroatoms. The quantitative estimate of drug-likeness (QED) is 0.625. The summed E-state index contributed by atoms with van der Waals surface area (Å²) < 4.78 is 5.33. The first-order valence-corrected chi connectivity index (χ1v) is 5.39. The molecule has 0 amide bonds. The molecule has 0 bridgehead atoms. The average molecular weight is 182 g/mol. The van der Waals surface area contributed by atoms with Crippen LogP contribution in [0.15, 0.2) is 0 Å². The van der Waals surface area contributed by atoms with Crippen LogP contribution < -0.4 is 0 Å². The zero-order valence-corrected chi connectivity index (χ0v) is 8.13. The molecule has 2 fully saturated rings. The molecule has 1 unspecified atom stereocenters. The van der Waals surface area contributed by atoms with E-state index < -0.39 is 0 Å². The Morgan fingerprint density at radius 2 is 2.15 bits per heavy atom. The number of hydrogen-bond acceptors (Lipinski definition) is 2. The Balaban J connectivity index is 1.92. The number of rotatable bonds is 3. The van der Waals surface area contributed by atoms with Crippen LogP contribution in [-0.2, 0) is 9.53 Å². The van der Waals surface area contributed by atoms with E-state index in [4.69, 9.17) is 4.74 Å². The molecule has 1 aliphatic carbocycles. The summed E-state index contributed by atoms with van der Waals surface area (Å²) in [7, 11) is 0. The standard InChI is InChI=1S/C11H18O2/c12-8-11(5-6-13-9-11)7-10-3-1-2-4-10/h8,10H,1-7,9H2. The van der Waals surface area contributed by atoms with Gasteiger partial charge in [-0.05, 0) is 18.8 Å². The van der Waals surface area contributed by atoms with Gasteiger partial charge < -0.3 is 9.53 Å². The zero-order chi connectivity index (χ0) is 9.15. The molecule has 13 heavy (non-hydrogen) atoms. The highest BCUT2D eigenvalue weighted by atomic mass is 16.5. The summed E-state index contributed by atoms with van der Waals surface area (Å²) in [5.41, 5.74) is -0.102. The lowest BCUT2D eigenvalue weighted by Crippen LogP contribution is -2.25. The third-order valence-corrected chi connectivity index (χ3v) is 3.55. The van der Waals surface area contributed by atoms with E-state index in [1.807, 2.05) is 0 Å². The molecule has 0 spiro atoms. The largest absolute Gasteiger partial charge is 0.380 e. The molecule has 2 aliphatic rings. The van der Waals surface area contributed by atoms with Gasteiger partial charge in [0.1, 0.15) is 6.29 Å². The molecule has 1 atom stereocenters. The van der Waals surface area contributed by atoms with Crippen molar-refractivity contribution in [3.05, 3.63) is 0 Å². The van der Waals surface area contributed by atoms with E-state index in [9.17, 15) is 4.79 Å². The fourth-order valence-corrected chi connectivity index (χ4v) is 2.71. The Morgan fingerprint density at radius 1 is 1.38 bits per heavy atom. The maximum Gasteiger partial charge on any atom is 0.128 e. The molecule has 0 radical (unpaired) electrons. The van der Waals surface area contributed by atoms with E-state index in [-0.39, 0.29) is 5.41 Å². The molecule has 0 aromatic carbocycles. The van der Waals surface area contributed by atoms with E-state index in [0.717, 1.165) is 31.7 Å². The molecule has 1 saturated carbocycles. The lowest BCUT2D eigenvalue weighted by molar-refractivity contribution is -0.117. The summed E-state index contributed by atoms with van der Waals surface area (Å²) in [6, 6.07) is 0. The second kappa shape index (κ2) is 3.79. The Morgan fingerprint density at radius 3 is 2.69 bits per heavy atom. The van der Waals surface area contributed by atoms with Crippen molar-refractivity contribution < 1.29 is 9.53 Å². The van der Waals surface area contributed by atoms with Crippen molar-refractivity contribution in [3.8, 4) is 0 Å². The monoisotopic (exact) mass is 182 g/mol. The minimum Gasteiger partial charge on any atom is -0.380 e. The van der Waals surface area contributed by atoms with Gasteiger partial charge in [0.2, 0.25) is 0 Å². The lowest BCUT2D eigenvalue weighted by atomic mass is 9.79. The van der Waals surface area contributed by atoms with E-state index in [1.54, 1.807) is 0 Å². The van der Waals surface area contributed by atoms with Crippen molar-refractivity contribution in [1.29, 1.82) is 0 Å². The van der Waals surface area contributed by atoms with Gasteiger partial charge in [0.25, 0.3) is 0 Å². The van der Waals surface area contributed by atoms with Crippen molar-refractivity contribution in [1.82, 2.24) is 0 Å². The molecule has 1 heterocycles. The van der Waals surface area contributed by atoms with Gasteiger partial charge in [-0.3, -0.25) is 0 Å². The van der Waals surface area contributed by atoms with Gasteiger partial charge in [-0.25, -0.2) is 0 Å². The SMILES string of the molecule is O=CC1(CC2CCCC2)CCOC1. The number of ether oxygens (including phenoxy) is 1. The fraction of sp³-hybridized carbons (Fsp3) is 0.909. The number of carbonyl (C=O) groups excluding carboxylic acids is 1. The molecule has 0 N–H and O–H groups in total. The van der Waals surface area contributed by atoms with Gasteiger partial charge in [-0.15, -0.1) is 0 Å². The zero-order valence-electron chi connectivity index (χ0n) is 8.13. The van der Waals surface area contributed by atoms with Gasteiger partial charge >= 0.3 is 0 Å². The highest BCUT2D eigenvalue weighted by Gasteiger charge is 2.37. The number of carbonyl (C=O) groups is 1. The van der Waals surface area contributed by atoms with Gasteiger partial charge in [-0.2, -0.15) is 0 Å². The van der Waals surface area contributed by atoms with Crippen LogP contribution in [0.25, 0.3) is 0 Å². The predicted octanol–water partition coefficient (Wildman–Crippen LogP) is 2.17. The Kier molecular flexibility index (Phi) is 2.68. The highest BCUT2D eigenvalue weighted by molar-refractivity contribution is 5.60. The van der Waals surface area contributed by atoms with Crippen LogP contribution in [0, 0.1) is 11.3 Å². The summed E-state index contributed by atoms with van der Waals surface area (Å²) in [5, 5.41) is 0. The highest BCUT2D eigenvalue weighted by Crippen LogP contribution is 2.39. The van der Waals surface area contributed by atoms with Crippen molar-refractivity contribution >= 4 is 6.29 Å². The average Bonchev–Trinajstić information content (AvgIpc) is 2.77. The van der Waals surface area contributed by atoms with Crippen molar-refractivity contribution in [3.63, 3.8) is 0 Å². The summed E-state index contributed by atoms with van der Waals surface area (Å²) in [6.45, 7) is 1.46. The van der Waals surface area contributed by atoms with Crippen LogP contribution in [0.4, 0.5) is 0 Å². The maximum atomic E-state index is 11.0. The van der Waals surface area contributed by atoms with Gasteiger partial charge in [0.15, 0.2) is 0 Å². The lowest BCUT2D eigenvalue weighted by Gasteiger charge is -2.23. The first-order chi connectivity index (χ1) is 6.35. The first kappa shape index (κ1) is 9.20. The Labute approximate surface area is 79.7 Å². The maximum absolute atomic E-state index is 11.0. The summed E-state index contributed by atoms with van der Waals surface area (Å²) >= 11 is 0. The molecule has 1 aliphatic heterocycles. The second-order valence-corrected chi connectivity index (χ2v) is 4.64. The summed E-state index contributed by atoms with van der Waals surface area (Å²) in [6.07, 6.45) is 8.56. The summed E-state index contributed by atoms with van der Waals surface area (Å²) in [4.78, 5) is 11.0. The second-order valence-electron chi connectivity index (χ2n) is 4.64. The van der Waals surface area contributed by atoms with Gasteiger partial charge in [0.05, 0.1) is 12.0 Å². The number of hydrogen-bond donors (Lipinski definition) is 0. The normalized spacial score (nSPS) is 35.4. The molecular formula is C11H18O2. The molecule has 0 aromatic rings. The van der Waals surface area contributed by atoms with E-state index in [0.29, 0.717) is 6.61 Å². The molecule has 0 aromatic heterocycles. The van der Waals surface area contributed by atoms with Crippen LogP contribution in [0.5, 0.6) is 0 Å². The van der Waals surface area contributed by atoms with E-state index in [2.05, 4.69) is 0 Å². The predicted molar refractivity (Wildman–Crippen MR) is 50.5 cm³/mol. The van der Waals surface area contributed by atoms with Crippen molar-refractivity contribution in [2.24, 2.45) is 11.3 Å². The smallest absolute Gasteiger partial charge is 0.128 e. The third-order valence-electron chi connectivity index (χ3n) is 3.55. The molecule has 74 valence electrons. The van der Waals surface area contributed by atoms with Crippen LogP contribution in [0.2, 0.25) is 0 Å². The minimum absolute atomic E-state index is 0.102. The van der Waals surface area contributed by atoms with Crippen molar-refractivity contribution in [2.75, 3.05) is 13.2 Å². The van der Waals surface area contributed by atoms with Crippen LogP contribution in [0.1, 0.15) is 38.5 Å². The third kappa shape index (κ3) is 1.93. The molecule has 2 nitrogen and oxygen atoms in total. The topological polar surface area (TPSA) is 26.3 Å². The fourth-order valence-electron chi connectivity index (χ4n) is 2.71. The van der Waals surface area contributed by atoms with Gasteiger partial charge in [-0.1, -0.05) is 25.7 Å². The van der Waals surface area contributed by atoms with Crippen LogP contribution in [-0.4, -0.2) is 19.5 Å². The number of aldehydes is 1. The van der Waals surface area contributed by atoms with Crippen molar-refractivity contribution in [2.45, 2.75) is 38.5 Å².